The lowest BCUT2D eigenvalue weighted by molar-refractivity contribution is -0.116. The number of benzene rings is 2. The molecule has 144 valence electrons. The molecule has 6 nitrogen and oxygen atoms in total. The molecule has 1 aliphatic rings. The lowest BCUT2D eigenvalue weighted by atomic mass is 10.0. The summed E-state index contributed by atoms with van der Waals surface area (Å²) in [7, 11) is 0. The zero-order chi connectivity index (χ0) is 19.7. The predicted octanol–water partition coefficient (Wildman–Crippen LogP) is 4.20. The van der Waals surface area contributed by atoms with Crippen LogP contribution in [0.5, 0.6) is 0 Å². The van der Waals surface area contributed by atoms with Crippen LogP contribution in [0, 0.1) is 6.92 Å². The number of nitrogens with zero attached hydrogens (tertiary/aromatic N) is 3. The van der Waals surface area contributed by atoms with Crippen molar-refractivity contribution in [1.29, 1.82) is 0 Å². The SMILES string of the molecule is CCc1nnc2n1N[C@@H](c1ccc(C)cc1)[C@@H](C(=O)Nc1ccc(Cl)cc1)S2. The zero-order valence-corrected chi connectivity index (χ0v) is 17.1. The number of carbonyl (C=O) groups excluding carboxylic acids is 1. The Bertz CT molecular complexity index is 987. The van der Waals surface area contributed by atoms with E-state index in [4.69, 9.17) is 11.6 Å². The summed E-state index contributed by atoms with van der Waals surface area (Å²) in [6.45, 7) is 4.08. The zero-order valence-electron chi connectivity index (χ0n) is 15.5. The normalized spacial score (nSPS) is 18.2. The first-order chi connectivity index (χ1) is 13.5. The number of amides is 1. The van der Waals surface area contributed by atoms with Crippen molar-refractivity contribution in [3.8, 4) is 0 Å². The fraction of sp³-hybridized carbons (Fsp3) is 0.250. The van der Waals surface area contributed by atoms with Crippen molar-refractivity contribution in [2.45, 2.75) is 36.7 Å². The van der Waals surface area contributed by atoms with Gasteiger partial charge in [-0.05, 0) is 36.8 Å². The number of thioether (sulfide) groups is 1. The molecule has 3 aromatic rings. The highest BCUT2D eigenvalue weighted by atomic mass is 35.5. The summed E-state index contributed by atoms with van der Waals surface area (Å²) in [5.41, 5.74) is 6.37. The van der Waals surface area contributed by atoms with Crippen LogP contribution in [0.1, 0.15) is 29.9 Å². The van der Waals surface area contributed by atoms with Crippen molar-refractivity contribution in [3.63, 3.8) is 0 Å². The average molecular weight is 414 g/mol. The van der Waals surface area contributed by atoms with Gasteiger partial charge in [0.05, 0.1) is 6.04 Å². The van der Waals surface area contributed by atoms with Crippen LogP contribution < -0.4 is 10.7 Å². The minimum atomic E-state index is -0.403. The van der Waals surface area contributed by atoms with Gasteiger partial charge in [-0.1, -0.05) is 60.1 Å². The van der Waals surface area contributed by atoms with Crippen molar-refractivity contribution >= 4 is 35.0 Å². The number of hydrogen-bond acceptors (Lipinski definition) is 5. The second-order valence-corrected chi connectivity index (χ2v) is 8.18. The van der Waals surface area contributed by atoms with Gasteiger partial charge in [0.2, 0.25) is 11.1 Å². The maximum atomic E-state index is 13.1. The van der Waals surface area contributed by atoms with E-state index < -0.39 is 5.25 Å². The molecule has 0 saturated heterocycles. The van der Waals surface area contributed by atoms with Crippen LogP contribution in [0.4, 0.5) is 5.69 Å². The standard InChI is InChI=1S/C20H20ClN5OS/c1-3-16-23-24-20-26(16)25-17(13-6-4-12(2)5-7-13)18(28-20)19(27)22-15-10-8-14(21)9-11-15/h4-11,17-18,25H,3H2,1-2H3,(H,22,27)/t17-,18-/m0/s1. The minimum absolute atomic E-state index is 0.0994. The molecule has 1 aromatic heterocycles. The van der Waals surface area contributed by atoms with Crippen molar-refractivity contribution < 1.29 is 4.79 Å². The van der Waals surface area contributed by atoms with Gasteiger partial charge < -0.3 is 10.7 Å². The first-order valence-electron chi connectivity index (χ1n) is 9.05. The van der Waals surface area contributed by atoms with Crippen molar-refractivity contribution in [2.75, 3.05) is 10.7 Å². The van der Waals surface area contributed by atoms with Gasteiger partial charge in [0.15, 0.2) is 5.82 Å². The smallest absolute Gasteiger partial charge is 0.240 e. The monoisotopic (exact) mass is 413 g/mol. The van der Waals surface area contributed by atoms with Gasteiger partial charge in [-0.3, -0.25) is 4.79 Å². The highest BCUT2D eigenvalue weighted by Gasteiger charge is 2.37. The van der Waals surface area contributed by atoms with Crippen LogP contribution in [0.2, 0.25) is 5.02 Å². The van der Waals surface area contributed by atoms with E-state index >= 15 is 0 Å². The van der Waals surface area contributed by atoms with E-state index in [1.54, 1.807) is 24.3 Å². The van der Waals surface area contributed by atoms with Crippen LogP contribution in [0.25, 0.3) is 0 Å². The third kappa shape index (κ3) is 3.72. The number of aryl methyl sites for hydroxylation is 2. The summed E-state index contributed by atoms with van der Waals surface area (Å²) in [4.78, 5) is 13.1. The highest BCUT2D eigenvalue weighted by molar-refractivity contribution is 8.00. The molecule has 2 N–H and O–H groups in total. The van der Waals surface area contributed by atoms with Crippen molar-refractivity contribution in [3.05, 3.63) is 70.5 Å². The van der Waals surface area contributed by atoms with Crippen LogP contribution in [0.15, 0.2) is 53.7 Å². The molecule has 0 saturated carbocycles. The first-order valence-corrected chi connectivity index (χ1v) is 10.3. The first kappa shape index (κ1) is 18.8. The second kappa shape index (κ2) is 7.85. The Morgan fingerprint density at radius 2 is 1.89 bits per heavy atom. The average Bonchev–Trinajstić information content (AvgIpc) is 3.11. The summed E-state index contributed by atoms with van der Waals surface area (Å²) in [6.07, 6.45) is 0.753. The van der Waals surface area contributed by atoms with Crippen LogP contribution in [0.3, 0.4) is 0 Å². The Balaban J connectivity index is 1.66. The number of aromatic nitrogens is 3. The van der Waals surface area contributed by atoms with Gasteiger partial charge in [0.25, 0.3) is 0 Å². The number of fused-ring (bicyclic) bond motifs is 1. The summed E-state index contributed by atoms with van der Waals surface area (Å²) in [5.74, 6) is 0.744. The van der Waals surface area contributed by atoms with Crippen LogP contribution in [-0.2, 0) is 11.2 Å². The fourth-order valence-corrected chi connectivity index (χ4v) is 4.32. The van der Waals surface area contributed by atoms with E-state index in [0.717, 1.165) is 17.8 Å². The van der Waals surface area contributed by atoms with Crippen LogP contribution in [-0.4, -0.2) is 26.0 Å². The van der Waals surface area contributed by atoms with Gasteiger partial charge >= 0.3 is 0 Å². The molecular weight excluding hydrogens is 394 g/mol. The van der Waals surface area contributed by atoms with E-state index in [0.29, 0.717) is 15.9 Å². The molecule has 0 fully saturated rings. The van der Waals surface area contributed by atoms with E-state index in [9.17, 15) is 4.79 Å². The quantitative estimate of drug-likeness (QED) is 0.670. The Morgan fingerprint density at radius 1 is 1.18 bits per heavy atom. The molecule has 1 aliphatic heterocycles. The third-order valence-corrected chi connectivity index (χ3v) is 6.09. The molecule has 2 heterocycles. The Kier molecular flexibility index (Phi) is 5.28. The molecule has 0 radical (unpaired) electrons. The van der Waals surface area contributed by atoms with Crippen LogP contribution >= 0.6 is 23.4 Å². The van der Waals surface area contributed by atoms with Crippen molar-refractivity contribution in [2.24, 2.45) is 0 Å². The summed E-state index contributed by atoms with van der Waals surface area (Å²) < 4.78 is 1.89. The third-order valence-electron chi connectivity index (χ3n) is 4.63. The minimum Gasteiger partial charge on any atom is -0.325 e. The number of nitrogens with one attached hydrogen (secondary N) is 2. The number of halogens is 1. The van der Waals surface area contributed by atoms with E-state index in [1.165, 1.54) is 17.3 Å². The van der Waals surface area contributed by atoms with E-state index in [1.807, 2.05) is 18.5 Å². The van der Waals surface area contributed by atoms with Gasteiger partial charge in [-0.2, -0.15) is 0 Å². The van der Waals surface area contributed by atoms with Gasteiger partial charge in [-0.15, -0.1) is 10.2 Å². The Hall–Kier alpha value is -2.51. The molecule has 0 spiro atoms. The maximum absolute atomic E-state index is 13.1. The number of anilines is 1. The maximum Gasteiger partial charge on any atom is 0.240 e. The molecule has 1 amide bonds. The molecule has 8 heteroatoms. The topological polar surface area (TPSA) is 71.8 Å². The van der Waals surface area contributed by atoms with Crippen molar-refractivity contribution in [1.82, 2.24) is 14.9 Å². The molecule has 2 atom stereocenters. The Labute approximate surface area is 172 Å². The van der Waals surface area contributed by atoms with Gasteiger partial charge in [-0.25, -0.2) is 4.68 Å². The largest absolute Gasteiger partial charge is 0.325 e. The number of hydrogen-bond donors (Lipinski definition) is 2. The fourth-order valence-electron chi connectivity index (χ4n) is 3.10. The van der Waals surface area contributed by atoms with Gasteiger partial charge in [0, 0.05) is 17.1 Å². The number of carbonyl (C=O) groups is 1. The molecular formula is C20H20ClN5OS. The van der Waals surface area contributed by atoms with E-state index in [-0.39, 0.29) is 11.9 Å². The summed E-state index contributed by atoms with van der Waals surface area (Å²) in [5, 5.41) is 12.4. The summed E-state index contributed by atoms with van der Waals surface area (Å²) >= 11 is 7.36. The lowest BCUT2D eigenvalue weighted by Crippen LogP contribution is -2.41. The molecule has 28 heavy (non-hydrogen) atoms. The molecule has 4 rings (SSSR count). The molecule has 0 unspecified atom stereocenters. The molecule has 0 aliphatic carbocycles. The highest BCUT2D eigenvalue weighted by Crippen LogP contribution is 2.37. The molecule has 2 aromatic carbocycles. The summed E-state index contributed by atoms with van der Waals surface area (Å²) in [6, 6.07) is 15.1. The Morgan fingerprint density at radius 3 is 2.57 bits per heavy atom. The van der Waals surface area contributed by atoms with E-state index in [2.05, 4.69) is 45.2 Å². The molecule has 0 bridgehead atoms. The van der Waals surface area contributed by atoms with Gasteiger partial charge in [0.1, 0.15) is 5.25 Å². The second-order valence-electron chi connectivity index (χ2n) is 6.64. The number of rotatable bonds is 4. The predicted molar refractivity (Wildman–Crippen MR) is 112 cm³/mol. The lowest BCUT2D eigenvalue weighted by Gasteiger charge is -2.33.